The molecule has 2 nitrogen and oxygen atoms in total. The molecule has 1 atom stereocenters. The molecular weight excluding hydrogens is 174 g/mol. The van der Waals surface area contributed by atoms with Crippen LogP contribution < -0.4 is 4.90 Å². The number of para-hydroxylation sites is 1. The van der Waals surface area contributed by atoms with Crippen molar-refractivity contribution in [3.8, 4) is 0 Å². The molecule has 0 aromatic heterocycles. The van der Waals surface area contributed by atoms with Gasteiger partial charge in [-0.15, -0.1) is 0 Å². The summed E-state index contributed by atoms with van der Waals surface area (Å²) in [5.41, 5.74) is 2.16. The first-order valence-electron chi connectivity index (χ1n) is 5.18. The second-order valence-corrected chi connectivity index (χ2v) is 3.50. The molecule has 0 heterocycles. The van der Waals surface area contributed by atoms with Gasteiger partial charge in [0.15, 0.2) is 0 Å². The van der Waals surface area contributed by atoms with E-state index in [9.17, 15) is 5.11 Å². The summed E-state index contributed by atoms with van der Waals surface area (Å²) < 4.78 is 0. The highest BCUT2D eigenvalue weighted by atomic mass is 16.3. The van der Waals surface area contributed by atoms with E-state index in [0.29, 0.717) is 0 Å². The van der Waals surface area contributed by atoms with Crippen molar-refractivity contribution in [2.45, 2.75) is 26.4 Å². The van der Waals surface area contributed by atoms with Crippen molar-refractivity contribution >= 4 is 5.69 Å². The molecule has 0 spiro atoms. The zero-order valence-electron chi connectivity index (χ0n) is 9.20. The predicted octanol–water partition coefficient (Wildman–Crippen LogP) is 2.59. The largest absolute Gasteiger partial charge is 0.388 e. The Morgan fingerprint density at radius 2 is 1.93 bits per heavy atom. The Kier molecular flexibility index (Phi) is 3.96. The van der Waals surface area contributed by atoms with Crippen molar-refractivity contribution in [2.75, 3.05) is 18.5 Å². The summed E-state index contributed by atoms with van der Waals surface area (Å²) in [5, 5.41) is 9.83. The van der Waals surface area contributed by atoms with Gasteiger partial charge in [0.05, 0.1) is 6.10 Å². The maximum absolute atomic E-state index is 9.83. The van der Waals surface area contributed by atoms with Gasteiger partial charge in [0, 0.05) is 24.8 Å². The molecule has 78 valence electrons. The Morgan fingerprint density at radius 1 is 1.29 bits per heavy atom. The molecule has 0 saturated carbocycles. The number of aliphatic hydroxyl groups excluding tert-OH is 1. The quantitative estimate of drug-likeness (QED) is 0.794. The molecule has 0 fully saturated rings. The maximum atomic E-state index is 9.83. The van der Waals surface area contributed by atoms with Gasteiger partial charge in [-0.3, -0.25) is 0 Å². The van der Waals surface area contributed by atoms with Crippen molar-refractivity contribution in [3.63, 3.8) is 0 Å². The molecule has 14 heavy (non-hydrogen) atoms. The summed E-state index contributed by atoms with van der Waals surface area (Å²) in [6, 6.07) is 8.03. The van der Waals surface area contributed by atoms with Crippen LogP contribution in [-0.2, 0) is 0 Å². The van der Waals surface area contributed by atoms with Crippen LogP contribution in [0.4, 0.5) is 5.69 Å². The minimum Gasteiger partial charge on any atom is -0.388 e. The first-order chi connectivity index (χ1) is 6.70. The second-order valence-electron chi connectivity index (χ2n) is 3.50. The molecule has 1 aromatic rings. The minimum atomic E-state index is -0.347. The van der Waals surface area contributed by atoms with E-state index in [0.717, 1.165) is 24.2 Å². The van der Waals surface area contributed by atoms with Crippen molar-refractivity contribution in [1.82, 2.24) is 0 Å². The molecule has 1 aromatic carbocycles. The number of hydrogen-bond donors (Lipinski definition) is 1. The van der Waals surface area contributed by atoms with Gasteiger partial charge in [-0.25, -0.2) is 0 Å². The zero-order chi connectivity index (χ0) is 10.6. The molecule has 1 rings (SSSR count). The van der Waals surface area contributed by atoms with Gasteiger partial charge in [0.1, 0.15) is 0 Å². The molecule has 0 bridgehead atoms. The SMILES string of the molecule is CC[C@H](O)c1ccccc1N(C)CC. The third-order valence-corrected chi connectivity index (χ3v) is 2.57. The molecule has 0 saturated heterocycles. The smallest absolute Gasteiger partial charge is 0.0807 e. The van der Waals surface area contributed by atoms with E-state index in [4.69, 9.17) is 0 Å². The lowest BCUT2D eigenvalue weighted by Gasteiger charge is -2.22. The summed E-state index contributed by atoms with van der Waals surface area (Å²) in [6.07, 6.45) is 0.411. The second kappa shape index (κ2) is 5.01. The molecular formula is C12H19NO. The van der Waals surface area contributed by atoms with Crippen LogP contribution in [0.1, 0.15) is 31.9 Å². The molecule has 0 unspecified atom stereocenters. The van der Waals surface area contributed by atoms with Crippen LogP contribution in [0.5, 0.6) is 0 Å². The third kappa shape index (κ3) is 2.26. The summed E-state index contributed by atoms with van der Waals surface area (Å²) in [4.78, 5) is 2.15. The third-order valence-electron chi connectivity index (χ3n) is 2.57. The molecule has 0 aliphatic heterocycles. The summed E-state index contributed by atoms with van der Waals surface area (Å²) in [7, 11) is 2.04. The Labute approximate surface area is 86.2 Å². The monoisotopic (exact) mass is 193 g/mol. The van der Waals surface area contributed by atoms with Crippen LogP contribution >= 0.6 is 0 Å². The van der Waals surface area contributed by atoms with Gasteiger partial charge in [0.25, 0.3) is 0 Å². The molecule has 1 N–H and O–H groups in total. The number of nitrogens with zero attached hydrogens (tertiary/aromatic N) is 1. The maximum Gasteiger partial charge on any atom is 0.0807 e. The minimum absolute atomic E-state index is 0.347. The van der Waals surface area contributed by atoms with Crippen LogP contribution in [0, 0.1) is 0 Å². The lowest BCUT2D eigenvalue weighted by Crippen LogP contribution is -2.18. The molecule has 0 amide bonds. The number of benzene rings is 1. The van der Waals surface area contributed by atoms with Crippen LogP contribution in [0.2, 0.25) is 0 Å². The number of aliphatic hydroxyl groups is 1. The van der Waals surface area contributed by atoms with Crippen LogP contribution in [0.3, 0.4) is 0 Å². The van der Waals surface area contributed by atoms with E-state index < -0.39 is 0 Å². The number of rotatable bonds is 4. The van der Waals surface area contributed by atoms with E-state index in [-0.39, 0.29) is 6.10 Å². The van der Waals surface area contributed by atoms with Crippen molar-refractivity contribution in [1.29, 1.82) is 0 Å². The van der Waals surface area contributed by atoms with E-state index >= 15 is 0 Å². The van der Waals surface area contributed by atoms with Gasteiger partial charge < -0.3 is 10.0 Å². The van der Waals surface area contributed by atoms with Crippen molar-refractivity contribution < 1.29 is 5.11 Å². The topological polar surface area (TPSA) is 23.5 Å². The Bertz CT molecular complexity index is 256. The zero-order valence-corrected chi connectivity index (χ0v) is 9.20. The Balaban J connectivity index is 3.02. The van der Waals surface area contributed by atoms with Crippen LogP contribution in [0.25, 0.3) is 0 Å². The van der Waals surface area contributed by atoms with Crippen molar-refractivity contribution in [3.05, 3.63) is 29.8 Å². The first-order valence-corrected chi connectivity index (χ1v) is 5.18. The van der Waals surface area contributed by atoms with Gasteiger partial charge in [-0.2, -0.15) is 0 Å². The fourth-order valence-corrected chi connectivity index (χ4v) is 1.51. The summed E-state index contributed by atoms with van der Waals surface area (Å²) >= 11 is 0. The van der Waals surface area contributed by atoms with Gasteiger partial charge in [-0.1, -0.05) is 25.1 Å². The highest BCUT2D eigenvalue weighted by Crippen LogP contribution is 2.26. The van der Waals surface area contributed by atoms with E-state index in [1.165, 1.54) is 0 Å². The van der Waals surface area contributed by atoms with Gasteiger partial charge in [0.2, 0.25) is 0 Å². The molecule has 2 heteroatoms. The molecule has 0 radical (unpaired) electrons. The van der Waals surface area contributed by atoms with Crippen LogP contribution in [0.15, 0.2) is 24.3 Å². The predicted molar refractivity (Wildman–Crippen MR) is 60.6 cm³/mol. The molecule has 0 aliphatic rings. The molecule has 0 aliphatic carbocycles. The standard InChI is InChI=1S/C12H19NO/c1-4-12(14)10-8-6-7-9-11(10)13(3)5-2/h6-9,12,14H,4-5H2,1-3H3/t12-/m0/s1. The van der Waals surface area contributed by atoms with E-state index in [2.05, 4.69) is 17.9 Å². The highest BCUT2D eigenvalue weighted by molar-refractivity contribution is 5.53. The number of anilines is 1. The summed E-state index contributed by atoms with van der Waals surface area (Å²) in [5.74, 6) is 0. The fraction of sp³-hybridized carbons (Fsp3) is 0.500. The van der Waals surface area contributed by atoms with Gasteiger partial charge >= 0.3 is 0 Å². The fourth-order valence-electron chi connectivity index (χ4n) is 1.51. The van der Waals surface area contributed by atoms with Gasteiger partial charge in [-0.05, 0) is 19.4 Å². The van der Waals surface area contributed by atoms with E-state index in [1.807, 2.05) is 32.2 Å². The first kappa shape index (κ1) is 11.1. The van der Waals surface area contributed by atoms with E-state index in [1.54, 1.807) is 0 Å². The van der Waals surface area contributed by atoms with Crippen LogP contribution in [-0.4, -0.2) is 18.7 Å². The average Bonchev–Trinajstić information content (AvgIpc) is 2.27. The van der Waals surface area contributed by atoms with Crippen molar-refractivity contribution in [2.24, 2.45) is 0 Å². The lowest BCUT2D eigenvalue weighted by atomic mass is 10.0. The summed E-state index contributed by atoms with van der Waals surface area (Å²) in [6.45, 7) is 5.05. The Morgan fingerprint density at radius 3 is 2.50 bits per heavy atom. The highest BCUT2D eigenvalue weighted by Gasteiger charge is 2.11. The number of hydrogen-bond acceptors (Lipinski definition) is 2. The lowest BCUT2D eigenvalue weighted by molar-refractivity contribution is 0.174. The Hall–Kier alpha value is -1.02. The normalized spacial score (nSPS) is 12.6. The average molecular weight is 193 g/mol.